The Kier molecular flexibility index (Phi) is 15.8. The first kappa shape index (κ1) is 41.6. The number of aliphatic hydroxyl groups is 4. The molecule has 16 atom stereocenters. The SMILES string of the molecule is CO[C@@H]1[C@H](O)[C@@H](C)O[C@@H](OC[C@H]2/C=C\CCC(=O)[C@H](C)C[C@H](C)[C@H](O[C@@H]3O[C@H](C)C[C@](O)([C@H](C)O)[C@H]3O)[C@@H](C)/C=C\C(=O)O[C@@H]2C)[C@@H]1OC. The van der Waals surface area contributed by atoms with Crippen LogP contribution in [0.2, 0.25) is 0 Å². The molecular formula is C36H60O13. The molecule has 0 aliphatic carbocycles. The molecule has 0 unspecified atom stereocenters. The molecule has 282 valence electrons. The summed E-state index contributed by atoms with van der Waals surface area (Å²) in [6.45, 7) is 12.4. The largest absolute Gasteiger partial charge is 0.459 e. The van der Waals surface area contributed by atoms with Gasteiger partial charge in [0.25, 0.3) is 0 Å². The third kappa shape index (κ3) is 10.6. The van der Waals surface area contributed by atoms with Gasteiger partial charge in [0.2, 0.25) is 0 Å². The van der Waals surface area contributed by atoms with Gasteiger partial charge in [0, 0.05) is 50.9 Å². The van der Waals surface area contributed by atoms with Crippen molar-refractivity contribution in [3.8, 4) is 0 Å². The number of allylic oxidation sites excluding steroid dienone is 1. The Morgan fingerprint density at radius 2 is 1.61 bits per heavy atom. The molecule has 0 radical (unpaired) electrons. The van der Waals surface area contributed by atoms with Gasteiger partial charge in [0.1, 0.15) is 41.9 Å². The summed E-state index contributed by atoms with van der Waals surface area (Å²) in [5, 5.41) is 42.9. The lowest BCUT2D eigenvalue weighted by Crippen LogP contribution is -2.63. The quantitative estimate of drug-likeness (QED) is 0.215. The fourth-order valence-electron chi connectivity index (χ4n) is 7.03. The lowest BCUT2D eigenvalue weighted by Gasteiger charge is -2.47. The molecule has 3 rings (SSSR count). The Balaban J connectivity index is 1.81. The zero-order chi connectivity index (χ0) is 36.6. The molecule has 0 amide bonds. The van der Waals surface area contributed by atoms with Crippen LogP contribution in [0.4, 0.5) is 0 Å². The second-order valence-electron chi connectivity index (χ2n) is 14.2. The molecule has 0 spiro atoms. The molecule has 0 bridgehead atoms. The molecule has 49 heavy (non-hydrogen) atoms. The van der Waals surface area contributed by atoms with E-state index in [1.54, 1.807) is 26.8 Å². The van der Waals surface area contributed by atoms with Crippen molar-refractivity contribution in [3.05, 3.63) is 24.3 Å². The van der Waals surface area contributed by atoms with Crippen molar-refractivity contribution in [2.24, 2.45) is 23.7 Å². The summed E-state index contributed by atoms with van der Waals surface area (Å²) in [6, 6.07) is 0. The molecule has 13 heteroatoms. The molecule has 0 aromatic carbocycles. The first-order chi connectivity index (χ1) is 23.0. The highest BCUT2D eigenvalue weighted by Crippen LogP contribution is 2.36. The Bertz CT molecular complexity index is 1110. The highest BCUT2D eigenvalue weighted by atomic mass is 16.7. The second kappa shape index (κ2) is 18.6. The van der Waals surface area contributed by atoms with Crippen molar-refractivity contribution in [2.75, 3.05) is 20.8 Å². The fourth-order valence-corrected chi connectivity index (χ4v) is 7.03. The van der Waals surface area contributed by atoms with Crippen LogP contribution < -0.4 is 0 Å². The van der Waals surface area contributed by atoms with Crippen LogP contribution in [0.1, 0.15) is 74.1 Å². The van der Waals surface area contributed by atoms with E-state index in [9.17, 15) is 30.0 Å². The van der Waals surface area contributed by atoms with Crippen LogP contribution in [-0.4, -0.2) is 126 Å². The number of Topliss-reactive ketones (excluding diaryl/α,β-unsaturated/α-hetero) is 1. The number of hydrogen-bond acceptors (Lipinski definition) is 13. The smallest absolute Gasteiger partial charge is 0.330 e. The van der Waals surface area contributed by atoms with Gasteiger partial charge in [0.15, 0.2) is 12.6 Å². The van der Waals surface area contributed by atoms with Crippen molar-refractivity contribution < 1.29 is 63.2 Å². The maximum Gasteiger partial charge on any atom is 0.330 e. The van der Waals surface area contributed by atoms with E-state index < -0.39 is 90.9 Å². The number of aliphatic hydroxyl groups excluding tert-OH is 3. The van der Waals surface area contributed by atoms with Crippen molar-refractivity contribution in [1.82, 2.24) is 0 Å². The van der Waals surface area contributed by atoms with E-state index in [1.807, 2.05) is 32.9 Å². The molecule has 3 aliphatic rings. The summed E-state index contributed by atoms with van der Waals surface area (Å²) in [4.78, 5) is 26.3. The van der Waals surface area contributed by atoms with Crippen molar-refractivity contribution in [2.45, 2.75) is 147 Å². The van der Waals surface area contributed by atoms with Crippen LogP contribution in [0.15, 0.2) is 24.3 Å². The molecule has 2 saturated heterocycles. The van der Waals surface area contributed by atoms with E-state index >= 15 is 0 Å². The maximum atomic E-state index is 13.2. The van der Waals surface area contributed by atoms with Crippen LogP contribution >= 0.6 is 0 Å². The zero-order valence-corrected chi connectivity index (χ0v) is 30.5. The van der Waals surface area contributed by atoms with Crippen LogP contribution in [-0.2, 0) is 42.7 Å². The van der Waals surface area contributed by atoms with Gasteiger partial charge in [-0.2, -0.15) is 0 Å². The summed E-state index contributed by atoms with van der Waals surface area (Å²) in [5.41, 5.74) is -1.83. The molecule has 2 fully saturated rings. The number of ether oxygens (including phenoxy) is 7. The summed E-state index contributed by atoms with van der Waals surface area (Å²) in [5.74, 6) is -1.82. The Morgan fingerprint density at radius 3 is 2.24 bits per heavy atom. The maximum absolute atomic E-state index is 13.2. The van der Waals surface area contributed by atoms with Crippen LogP contribution in [0.5, 0.6) is 0 Å². The summed E-state index contributed by atoms with van der Waals surface area (Å²) >= 11 is 0. The number of hydrogen-bond donors (Lipinski definition) is 4. The summed E-state index contributed by atoms with van der Waals surface area (Å²) in [6.07, 6.45) is -1.47. The van der Waals surface area contributed by atoms with Gasteiger partial charge < -0.3 is 53.6 Å². The van der Waals surface area contributed by atoms with Crippen LogP contribution in [0.25, 0.3) is 0 Å². The van der Waals surface area contributed by atoms with Gasteiger partial charge in [-0.15, -0.1) is 0 Å². The van der Waals surface area contributed by atoms with E-state index in [1.165, 1.54) is 27.2 Å². The van der Waals surface area contributed by atoms with Gasteiger partial charge in [-0.25, -0.2) is 4.79 Å². The first-order valence-corrected chi connectivity index (χ1v) is 17.5. The van der Waals surface area contributed by atoms with Gasteiger partial charge in [-0.3, -0.25) is 4.79 Å². The standard InChI is InChI=1S/C36H60O13/c1-19-14-15-28(39)47-23(5)26(18-45-34-32(44-9)31(43-8)29(40)24(6)48-34)12-10-11-13-27(38)20(2)16-21(3)30(19)49-35-33(41)36(42,25(7)37)17-22(4)46-35/h10,12,14-15,19-26,29-35,37,40-42H,11,13,16-18H2,1-9H3/b12-10-,15-14-/t19-,20+,21-,22+,23+,24+,25-,26+,29+,30+,31+,32+,33-,34+,35-,36-/m0/s1. The topological polar surface area (TPSA) is 180 Å². The minimum Gasteiger partial charge on any atom is -0.459 e. The third-order valence-corrected chi connectivity index (χ3v) is 10.3. The molecular weight excluding hydrogens is 640 g/mol. The number of esters is 1. The van der Waals surface area contributed by atoms with Gasteiger partial charge >= 0.3 is 5.97 Å². The Labute approximate surface area is 290 Å². The predicted molar refractivity (Wildman–Crippen MR) is 178 cm³/mol. The average molecular weight is 701 g/mol. The molecule has 0 aromatic rings. The minimum absolute atomic E-state index is 0.0218. The van der Waals surface area contributed by atoms with Gasteiger partial charge in [-0.1, -0.05) is 39.0 Å². The summed E-state index contributed by atoms with van der Waals surface area (Å²) < 4.78 is 41.1. The summed E-state index contributed by atoms with van der Waals surface area (Å²) in [7, 11) is 2.97. The number of methoxy groups -OCH3 is 2. The van der Waals surface area contributed by atoms with E-state index in [0.717, 1.165) is 0 Å². The Hall–Kier alpha value is -1.78. The predicted octanol–water partition coefficient (Wildman–Crippen LogP) is 2.45. The number of ketones is 1. The van der Waals surface area contributed by atoms with E-state index in [2.05, 4.69) is 0 Å². The first-order valence-electron chi connectivity index (χ1n) is 17.5. The monoisotopic (exact) mass is 700 g/mol. The third-order valence-electron chi connectivity index (χ3n) is 10.3. The fraction of sp³-hybridized carbons (Fsp3) is 0.833. The normalized spacial score (nSPS) is 45.3. The van der Waals surface area contributed by atoms with E-state index in [4.69, 9.17) is 33.2 Å². The molecule has 0 aromatic heterocycles. The van der Waals surface area contributed by atoms with Gasteiger partial charge in [0.05, 0.1) is 31.0 Å². The van der Waals surface area contributed by atoms with Crippen molar-refractivity contribution in [3.63, 3.8) is 0 Å². The van der Waals surface area contributed by atoms with Crippen LogP contribution in [0.3, 0.4) is 0 Å². The highest BCUT2D eigenvalue weighted by molar-refractivity contribution is 5.82. The lowest BCUT2D eigenvalue weighted by atomic mass is 9.82. The lowest BCUT2D eigenvalue weighted by molar-refractivity contribution is -0.322. The molecule has 0 saturated carbocycles. The molecule has 13 nitrogen and oxygen atoms in total. The molecule has 3 heterocycles. The minimum atomic E-state index is -1.83. The molecule has 3 aliphatic heterocycles. The number of carbonyl (C=O) groups is 2. The van der Waals surface area contributed by atoms with E-state index in [0.29, 0.717) is 19.3 Å². The number of rotatable bonds is 8. The highest BCUT2D eigenvalue weighted by Gasteiger charge is 2.52. The van der Waals surface area contributed by atoms with Crippen LogP contribution in [0, 0.1) is 23.7 Å². The Morgan fingerprint density at radius 1 is 0.939 bits per heavy atom. The van der Waals surface area contributed by atoms with Crippen molar-refractivity contribution in [1.29, 1.82) is 0 Å². The number of cyclic esters (lactones) is 1. The molecule has 4 N–H and O–H groups in total. The van der Waals surface area contributed by atoms with Gasteiger partial charge in [-0.05, 0) is 46.5 Å². The van der Waals surface area contributed by atoms with Crippen molar-refractivity contribution >= 4 is 11.8 Å². The van der Waals surface area contributed by atoms with E-state index in [-0.39, 0.29) is 30.6 Å². The average Bonchev–Trinajstić information content (AvgIpc) is 3.04. The second-order valence-corrected chi connectivity index (χ2v) is 14.2. The zero-order valence-electron chi connectivity index (χ0n) is 30.5. The number of carbonyl (C=O) groups excluding carboxylic acids is 2.